The average Bonchev–Trinajstić information content (AvgIpc) is 2.71. The molecule has 0 aliphatic carbocycles. The van der Waals surface area contributed by atoms with Crippen LogP contribution >= 0.6 is 11.6 Å². The fraction of sp³-hybridized carbons (Fsp3) is 0.227. The lowest BCUT2D eigenvalue weighted by Crippen LogP contribution is -2.57. The quantitative estimate of drug-likeness (QED) is 0.343. The Hall–Kier alpha value is -3.14. The van der Waals surface area contributed by atoms with Crippen molar-refractivity contribution in [1.82, 2.24) is 9.88 Å². The Bertz CT molecular complexity index is 1320. The molecule has 0 atom stereocenters. The molecule has 0 unspecified atom stereocenters. The summed E-state index contributed by atoms with van der Waals surface area (Å²) in [5.74, 6) is -1.96. The van der Waals surface area contributed by atoms with Crippen LogP contribution in [0.5, 0.6) is 0 Å². The molecule has 1 aliphatic heterocycles. The van der Waals surface area contributed by atoms with Gasteiger partial charge in [0.05, 0.1) is 45.2 Å². The van der Waals surface area contributed by atoms with E-state index in [1.54, 1.807) is 11.9 Å². The first-order valence-corrected chi connectivity index (χ1v) is 10.1. The van der Waals surface area contributed by atoms with Crippen LogP contribution in [-0.2, 0) is 6.61 Å². The van der Waals surface area contributed by atoms with Gasteiger partial charge in [0.15, 0.2) is 5.43 Å². The minimum Gasteiger partial charge on any atom is -0.508 e. The minimum atomic E-state index is -0.730. The molecule has 0 bridgehead atoms. The van der Waals surface area contributed by atoms with E-state index in [2.05, 4.69) is 11.9 Å². The molecule has 4 rings (SSSR count). The third kappa shape index (κ3) is 3.38. The van der Waals surface area contributed by atoms with Gasteiger partial charge in [0.2, 0.25) is 0 Å². The van der Waals surface area contributed by atoms with Crippen LogP contribution in [0.2, 0.25) is 5.02 Å². The van der Waals surface area contributed by atoms with Gasteiger partial charge in [0, 0.05) is 30.9 Å². The molecule has 0 spiro atoms. The van der Waals surface area contributed by atoms with Gasteiger partial charge in [-0.15, -0.1) is 0 Å². The zero-order valence-electron chi connectivity index (χ0n) is 17.1. The van der Waals surface area contributed by atoms with Crippen LogP contribution in [0.25, 0.3) is 22.3 Å². The van der Waals surface area contributed by atoms with Crippen molar-refractivity contribution in [2.75, 3.05) is 30.8 Å². The van der Waals surface area contributed by atoms with Gasteiger partial charge in [-0.3, -0.25) is 4.79 Å². The largest absolute Gasteiger partial charge is 0.508 e. The number of benzene rings is 2. The first kappa shape index (κ1) is 22.1. The van der Waals surface area contributed by atoms with Crippen LogP contribution in [-0.4, -0.2) is 41.0 Å². The van der Waals surface area contributed by atoms with Gasteiger partial charge in [-0.1, -0.05) is 18.2 Å². The molecule has 0 amide bonds. The SMILES string of the molecule is C=C(O)c1cn(-c2cc(N)c(F)cc2CO)c2c(Cl)c(N3CC(NC)C3)c(F)cc2c1=O. The number of anilines is 2. The van der Waals surface area contributed by atoms with Crippen molar-refractivity contribution in [2.24, 2.45) is 0 Å². The molecule has 1 aliphatic rings. The number of halogens is 3. The molecule has 1 saturated heterocycles. The van der Waals surface area contributed by atoms with Gasteiger partial charge >= 0.3 is 0 Å². The molecule has 168 valence electrons. The Morgan fingerprint density at radius 2 is 2.00 bits per heavy atom. The van der Waals surface area contributed by atoms with Crippen LogP contribution < -0.4 is 21.4 Å². The highest BCUT2D eigenvalue weighted by atomic mass is 35.5. The minimum absolute atomic E-state index is 0.0338. The Kier molecular flexibility index (Phi) is 5.58. The van der Waals surface area contributed by atoms with Crippen molar-refractivity contribution in [3.63, 3.8) is 0 Å². The molecule has 5 N–H and O–H groups in total. The summed E-state index contributed by atoms with van der Waals surface area (Å²) in [6.07, 6.45) is 1.26. The molecule has 1 aromatic heterocycles. The van der Waals surface area contributed by atoms with E-state index >= 15 is 4.39 Å². The zero-order valence-corrected chi connectivity index (χ0v) is 17.9. The van der Waals surface area contributed by atoms with Crippen LogP contribution in [0.3, 0.4) is 0 Å². The Morgan fingerprint density at radius 1 is 1.31 bits per heavy atom. The Labute approximate surface area is 186 Å². The number of fused-ring (bicyclic) bond motifs is 1. The molecule has 0 radical (unpaired) electrons. The van der Waals surface area contributed by atoms with Gasteiger partial charge in [-0.05, 0) is 25.2 Å². The average molecular weight is 463 g/mol. The molecule has 2 aromatic carbocycles. The number of aliphatic hydroxyl groups is 2. The normalized spacial score (nSPS) is 14.1. The number of hydrogen-bond donors (Lipinski definition) is 4. The standard InChI is InChI=1S/C22H21ClF2N4O3/c1-10(31)14-8-29(18-5-17(26)15(24)3-11(18)9-30)20-13(22(14)32)4-16(25)21(19(20)23)28-6-12(7-28)27-2/h3-5,8,12,27,30-31H,1,6-7,9,26H2,2H3. The summed E-state index contributed by atoms with van der Waals surface area (Å²) in [6.45, 7) is 3.88. The van der Waals surface area contributed by atoms with Gasteiger partial charge in [0.1, 0.15) is 17.4 Å². The number of aromatic nitrogens is 1. The highest BCUT2D eigenvalue weighted by molar-refractivity contribution is 6.38. The number of pyridine rings is 1. The maximum Gasteiger partial charge on any atom is 0.200 e. The number of aliphatic hydroxyl groups excluding tert-OH is 2. The summed E-state index contributed by atoms with van der Waals surface area (Å²) in [5, 5.41) is 22.7. The number of likely N-dealkylation sites (N-methyl/N-ethyl adjacent to an activating group) is 1. The van der Waals surface area contributed by atoms with E-state index in [-0.39, 0.29) is 50.2 Å². The fourth-order valence-electron chi connectivity index (χ4n) is 3.90. The monoisotopic (exact) mass is 462 g/mol. The van der Waals surface area contributed by atoms with Crippen molar-refractivity contribution in [3.8, 4) is 5.69 Å². The number of nitrogens with one attached hydrogen (secondary N) is 1. The lowest BCUT2D eigenvalue weighted by molar-refractivity contribution is 0.281. The van der Waals surface area contributed by atoms with E-state index in [1.807, 2.05) is 0 Å². The second-order valence-electron chi connectivity index (χ2n) is 7.66. The van der Waals surface area contributed by atoms with Crippen molar-refractivity contribution >= 4 is 39.6 Å². The first-order chi connectivity index (χ1) is 15.2. The number of nitrogens with zero attached hydrogens (tertiary/aromatic N) is 2. The van der Waals surface area contributed by atoms with E-state index in [9.17, 15) is 19.4 Å². The van der Waals surface area contributed by atoms with E-state index in [1.165, 1.54) is 16.8 Å². The zero-order chi connectivity index (χ0) is 23.3. The second-order valence-corrected chi connectivity index (χ2v) is 8.03. The van der Waals surface area contributed by atoms with Crippen molar-refractivity contribution in [2.45, 2.75) is 12.6 Å². The van der Waals surface area contributed by atoms with E-state index in [4.69, 9.17) is 17.3 Å². The first-order valence-electron chi connectivity index (χ1n) is 9.74. The van der Waals surface area contributed by atoms with Crippen molar-refractivity contribution in [3.05, 3.63) is 69.0 Å². The number of hydrogen-bond acceptors (Lipinski definition) is 6. The van der Waals surface area contributed by atoms with Crippen LogP contribution in [0.4, 0.5) is 20.2 Å². The summed E-state index contributed by atoms with van der Waals surface area (Å²) in [6, 6.07) is 3.56. The molecule has 2 heterocycles. The highest BCUT2D eigenvalue weighted by Crippen LogP contribution is 2.39. The third-order valence-electron chi connectivity index (χ3n) is 5.70. The van der Waals surface area contributed by atoms with Crippen LogP contribution in [0.15, 0.2) is 35.8 Å². The third-order valence-corrected chi connectivity index (χ3v) is 6.06. The summed E-state index contributed by atoms with van der Waals surface area (Å²) in [7, 11) is 1.80. The molecule has 1 fully saturated rings. The smallest absolute Gasteiger partial charge is 0.200 e. The van der Waals surface area contributed by atoms with Gasteiger partial charge in [-0.2, -0.15) is 0 Å². The number of nitrogens with two attached hydrogens (primary N) is 1. The summed E-state index contributed by atoms with van der Waals surface area (Å²) in [4.78, 5) is 14.7. The topological polar surface area (TPSA) is 104 Å². The van der Waals surface area contributed by atoms with Crippen molar-refractivity contribution in [1.29, 1.82) is 0 Å². The van der Waals surface area contributed by atoms with Crippen LogP contribution in [0.1, 0.15) is 11.1 Å². The van der Waals surface area contributed by atoms with Crippen LogP contribution in [0, 0.1) is 11.6 Å². The van der Waals surface area contributed by atoms with Gasteiger partial charge < -0.3 is 30.7 Å². The lowest BCUT2D eigenvalue weighted by atomic mass is 10.0. The molecule has 0 saturated carbocycles. The lowest BCUT2D eigenvalue weighted by Gasteiger charge is -2.41. The van der Waals surface area contributed by atoms with E-state index < -0.39 is 29.4 Å². The Morgan fingerprint density at radius 3 is 2.59 bits per heavy atom. The maximum atomic E-state index is 15.1. The predicted molar refractivity (Wildman–Crippen MR) is 122 cm³/mol. The summed E-state index contributed by atoms with van der Waals surface area (Å²) < 4.78 is 30.5. The Balaban J connectivity index is 2.10. The highest BCUT2D eigenvalue weighted by Gasteiger charge is 2.31. The van der Waals surface area contributed by atoms with E-state index in [0.29, 0.717) is 13.1 Å². The predicted octanol–water partition coefficient (Wildman–Crippen LogP) is 2.93. The molecular formula is C22H21ClF2N4O3. The molecule has 32 heavy (non-hydrogen) atoms. The number of rotatable bonds is 5. The molecular weight excluding hydrogens is 442 g/mol. The van der Waals surface area contributed by atoms with Crippen molar-refractivity contribution < 1.29 is 19.0 Å². The second kappa shape index (κ2) is 8.09. The molecule has 3 aromatic rings. The molecule has 7 nitrogen and oxygen atoms in total. The van der Waals surface area contributed by atoms with Gasteiger partial charge in [0.25, 0.3) is 0 Å². The van der Waals surface area contributed by atoms with Gasteiger partial charge in [-0.25, -0.2) is 8.78 Å². The maximum absolute atomic E-state index is 15.1. The fourth-order valence-corrected chi connectivity index (χ4v) is 4.31. The summed E-state index contributed by atoms with van der Waals surface area (Å²) >= 11 is 6.66. The summed E-state index contributed by atoms with van der Waals surface area (Å²) in [5.41, 5.74) is 5.29. The number of nitrogen functional groups attached to an aromatic ring is 1. The molecule has 10 heteroatoms. The van der Waals surface area contributed by atoms with E-state index in [0.717, 1.165) is 12.1 Å².